The van der Waals surface area contributed by atoms with E-state index in [-0.39, 0.29) is 41.3 Å². The number of hydrogen-bond donors (Lipinski definition) is 3. The maximum Gasteiger partial charge on any atom is 0.259 e. The third-order valence-electron chi connectivity index (χ3n) is 7.66. The molecule has 2 saturated heterocycles. The molecule has 2 fully saturated rings. The SMILES string of the molecule is COC1C(C(=O)N(c2cc(Br)cc(C#N)c2)[C@@H]2COC[C@H]2O)OC(CO)C(O)C1n1cc(-c2cc(F)c(C)c(F)c2)nn1. The molecule has 2 aromatic carbocycles. The molecule has 3 aromatic rings. The number of methoxy groups -OCH3 is 1. The van der Waals surface area contributed by atoms with Crippen molar-refractivity contribution in [3.63, 3.8) is 0 Å². The normalized spacial score (nSPS) is 27.2. The zero-order valence-electron chi connectivity index (χ0n) is 23.0. The van der Waals surface area contributed by atoms with Gasteiger partial charge in [-0.2, -0.15) is 5.26 Å². The van der Waals surface area contributed by atoms with Gasteiger partial charge in [0.05, 0.1) is 43.7 Å². The van der Waals surface area contributed by atoms with Gasteiger partial charge in [0.25, 0.3) is 5.91 Å². The summed E-state index contributed by atoms with van der Waals surface area (Å²) in [6.07, 6.45) is -5.15. The van der Waals surface area contributed by atoms with Crippen LogP contribution in [-0.4, -0.2) is 99.7 Å². The molecule has 0 spiro atoms. The van der Waals surface area contributed by atoms with E-state index in [0.717, 1.165) is 12.1 Å². The van der Waals surface area contributed by atoms with Crippen molar-refractivity contribution in [1.29, 1.82) is 5.26 Å². The molecule has 2 aliphatic rings. The summed E-state index contributed by atoms with van der Waals surface area (Å²) >= 11 is 3.35. The zero-order chi connectivity index (χ0) is 31.0. The number of anilines is 1. The van der Waals surface area contributed by atoms with Gasteiger partial charge in [-0.1, -0.05) is 21.1 Å². The second-order valence-corrected chi connectivity index (χ2v) is 11.2. The Morgan fingerprint density at radius 3 is 2.56 bits per heavy atom. The third-order valence-corrected chi connectivity index (χ3v) is 8.11. The van der Waals surface area contributed by atoms with Crippen molar-refractivity contribution in [1.82, 2.24) is 15.0 Å². The van der Waals surface area contributed by atoms with Crippen LogP contribution in [0.15, 0.2) is 41.0 Å². The van der Waals surface area contributed by atoms with Crippen LogP contribution in [-0.2, 0) is 19.0 Å². The summed E-state index contributed by atoms with van der Waals surface area (Å²) in [7, 11) is 1.29. The number of aromatic nitrogens is 3. The summed E-state index contributed by atoms with van der Waals surface area (Å²) in [5.41, 5.74) is 0.527. The Balaban J connectivity index is 1.55. The van der Waals surface area contributed by atoms with Crippen LogP contribution in [0.2, 0.25) is 0 Å². The molecule has 3 heterocycles. The van der Waals surface area contributed by atoms with Gasteiger partial charge in [0.15, 0.2) is 6.10 Å². The molecule has 0 aliphatic carbocycles. The van der Waals surface area contributed by atoms with Crippen LogP contribution in [0.3, 0.4) is 0 Å². The van der Waals surface area contributed by atoms with E-state index in [1.807, 2.05) is 6.07 Å². The average molecular weight is 664 g/mol. The van der Waals surface area contributed by atoms with Crippen LogP contribution in [0.5, 0.6) is 0 Å². The van der Waals surface area contributed by atoms with Gasteiger partial charge in [-0.05, 0) is 37.3 Å². The smallest absolute Gasteiger partial charge is 0.259 e. The lowest BCUT2D eigenvalue weighted by molar-refractivity contribution is -0.211. The molecule has 3 N–H and O–H groups in total. The Kier molecular flexibility index (Phi) is 9.18. The van der Waals surface area contributed by atoms with Gasteiger partial charge in [0.2, 0.25) is 0 Å². The van der Waals surface area contributed by atoms with E-state index >= 15 is 0 Å². The standard InChI is InChI=1S/C28H28BrF2N5O7/c1-13-18(30)5-15(6-19(13)31)20-9-35(34-33-20)24-25(39)23(10-37)43-27(26(24)41-2)28(40)36(21-11-42-12-22(21)38)17-4-14(8-32)3-16(29)7-17/h3-7,9,21-27,37-39H,10-12H2,1-2H3/t21-,22-,23?,24?,25?,26?,27?/m1/s1. The Hall–Kier alpha value is -3.36. The number of nitrogens with zero attached hydrogens (tertiary/aromatic N) is 5. The average Bonchev–Trinajstić information content (AvgIpc) is 3.64. The van der Waals surface area contributed by atoms with Gasteiger partial charge in [-0.3, -0.25) is 4.79 Å². The second-order valence-electron chi connectivity index (χ2n) is 10.3. The number of carbonyl (C=O) groups excluding carboxylic acids is 1. The van der Waals surface area contributed by atoms with Crippen LogP contribution < -0.4 is 4.90 Å². The van der Waals surface area contributed by atoms with Crippen molar-refractivity contribution in [2.75, 3.05) is 31.8 Å². The fourth-order valence-corrected chi connectivity index (χ4v) is 5.86. The lowest BCUT2D eigenvalue weighted by Crippen LogP contribution is -2.63. The maximum atomic E-state index is 14.4. The predicted octanol–water partition coefficient (Wildman–Crippen LogP) is 1.64. The largest absolute Gasteiger partial charge is 0.394 e. The van der Waals surface area contributed by atoms with Crippen molar-refractivity contribution in [3.05, 3.63) is 63.8 Å². The lowest BCUT2D eigenvalue weighted by atomic mass is 9.91. The van der Waals surface area contributed by atoms with Crippen molar-refractivity contribution in [3.8, 4) is 17.3 Å². The van der Waals surface area contributed by atoms with Gasteiger partial charge < -0.3 is 34.4 Å². The molecular formula is C28H28BrF2N5O7. The van der Waals surface area contributed by atoms with Gasteiger partial charge in [-0.15, -0.1) is 5.10 Å². The van der Waals surface area contributed by atoms with E-state index in [1.165, 1.54) is 35.9 Å². The van der Waals surface area contributed by atoms with Crippen LogP contribution >= 0.6 is 15.9 Å². The summed E-state index contributed by atoms with van der Waals surface area (Å²) in [5, 5.41) is 49.6. The highest BCUT2D eigenvalue weighted by Gasteiger charge is 2.52. The zero-order valence-corrected chi connectivity index (χ0v) is 24.6. The highest BCUT2D eigenvalue weighted by molar-refractivity contribution is 9.10. The molecule has 1 amide bonds. The summed E-state index contributed by atoms with van der Waals surface area (Å²) in [6.45, 7) is 0.569. The Morgan fingerprint density at radius 2 is 1.95 bits per heavy atom. The van der Waals surface area contributed by atoms with E-state index in [9.17, 15) is 34.2 Å². The van der Waals surface area contributed by atoms with E-state index < -0.39 is 66.8 Å². The molecular weight excluding hydrogens is 636 g/mol. The number of aliphatic hydroxyl groups is 3. The highest BCUT2D eigenvalue weighted by atomic mass is 79.9. The van der Waals surface area contributed by atoms with Crippen molar-refractivity contribution in [2.24, 2.45) is 0 Å². The van der Waals surface area contributed by atoms with E-state index in [0.29, 0.717) is 4.47 Å². The predicted molar refractivity (Wildman–Crippen MR) is 149 cm³/mol. The summed E-state index contributed by atoms with van der Waals surface area (Å²) in [5.74, 6) is -2.26. The van der Waals surface area contributed by atoms with E-state index in [1.54, 1.807) is 12.1 Å². The van der Waals surface area contributed by atoms with Crippen molar-refractivity contribution >= 4 is 27.5 Å². The number of rotatable bonds is 7. The maximum absolute atomic E-state index is 14.4. The minimum absolute atomic E-state index is 0.0166. The molecule has 7 atom stereocenters. The molecule has 12 nitrogen and oxygen atoms in total. The van der Waals surface area contributed by atoms with Crippen molar-refractivity contribution in [2.45, 2.75) is 49.5 Å². The number of ether oxygens (including phenoxy) is 3. The number of benzene rings is 2. The fraction of sp³-hybridized carbons (Fsp3) is 0.429. The Morgan fingerprint density at radius 1 is 1.23 bits per heavy atom. The first-order chi connectivity index (χ1) is 20.6. The number of nitriles is 1. The summed E-state index contributed by atoms with van der Waals surface area (Å²) in [4.78, 5) is 15.6. The third kappa shape index (κ3) is 5.92. The van der Waals surface area contributed by atoms with Gasteiger partial charge >= 0.3 is 0 Å². The molecule has 2 aliphatic heterocycles. The number of aliphatic hydroxyl groups excluding tert-OH is 3. The quantitative estimate of drug-likeness (QED) is 0.339. The molecule has 5 rings (SSSR count). The molecule has 0 radical (unpaired) electrons. The molecule has 0 saturated carbocycles. The minimum atomic E-state index is -1.46. The topological polar surface area (TPSA) is 163 Å². The summed E-state index contributed by atoms with van der Waals surface area (Å²) in [6, 6.07) is 6.83. The van der Waals surface area contributed by atoms with Crippen LogP contribution in [0.25, 0.3) is 11.3 Å². The molecule has 15 heteroatoms. The number of hydrogen-bond acceptors (Lipinski definition) is 10. The monoisotopic (exact) mass is 663 g/mol. The molecule has 43 heavy (non-hydrogen) atoms. The number of carbonyl (C=O) groups is 1. The minimum Gasteiger partial charge on any atom is -0.394 e. The Bertz CT molecular complexity index is 1530. The number of amides is 1. The van der Waals surface area contributed by atoms with Crippen LogP contribution in [0, 0.1) is 29.9 Å². The van der Waals surface area contributed by atoms with Crippen molar-refractivity contribution < 1.29 is 43.1 Å². The highest BCUT2D eigenvalue weighted by Crippen LogP contribution is 2.36. The van der Waals surface area contributed by atoms with Gasteiger partial charge in [-0.25, -0.2) is 13.5 Å². The fourth-order valence-electron chi connectivity index (χ4n) is 5.38. The molecule has 1 aromatic heterocycles. The first kappa shape index (κ1) is 31.1. The van der Waals surface area contributed by atoms with Crippen LogP contribution in [0.4, 0.5) is 14.5 Å². The first-order valence-corrected chi connectivity index (χ1v) is 14.0. The summed E-state index contributed by atoms with van der Waals surface area (Å²) < 4.78 is 47.2. The van der Waals surface area contributed by atoms with E-state index in [2.05, 4.69) is 26.2 Å². The van der Waals surface area contributed by atoms with Gasteiger partial charge in [0.1, 0.15) is 47.8 Å². The number of halogens is 3. The molecule has 228 valence electrons. The molecule has 5 unspecified atom stereocenters. The van der Waals surface area contributed by atoms with E-state index in [4.69, 9.17) is 14.2 Å². The van der Waals surface area contributed by atoms with Gasteiger partial charge in [0, 0.05) is 28.4 Å². The second kappa shape index (κ2) is 12.7. The van der Waals surface area contributed by atoms with Crippen LogP contribution in [0.1, 0.15) is 17.2 Å². The first-order valence-electron chi connectivity index (χ1n) is 13.2. The lowest BCUT2D eigenvalue weighted by Gasteiger charge is -2.45. The Labute approximate surface area is 253 Å². The molecule has 0 bridgehead atoms.